The van der Waals surface area contributed by atoms with Crippen LogP contribution >= 0.6 is 11.8 Å². The smallest absolute Gasteiger partial charge is 0.245 e. The molecule has 1 fully saturated rings. The summed E-state index contributed by atoms with van der Waals surface area (Å²) in [5, 5.41) is 0. The molecule has 2 N–H and O–H groups in total. The normalized spacial score (nSPS) is 18.2. The molecule has 1 aromatic carbocycles. The van der Waals surface area contributed by atoms with Crippen LogP contribution in [-0.4, -0.2) is 37.3 Å². The Labute approximate surface area is 119 Å². The monoisotopic (exact) mass is 300 g/mol. The van der Waals surface area contributed by atoms with Gasteiger partial charge in [-0.25, -0.2) is 8.42 Å². The van der Waals surface area contributed by atoms with Gasteiger partial charge in [0.1, 0.15) is 4.90 Å². The van der Waals surface area contributed by atoms with Gasteiger partial charge in [0.05, 0.1) is 5.69 Å². The minimum Gasteiger partial charge on any atom is -0.398 e. The molecule has 0 amide bonds. The number of anilines is 1. The van der Waals surface area contributed by atoms with Gasteiger partial charge in [-0.15, -0.1) is 0 Å². The van der Waals surface area contributed by atoms with Crippen molar-refractivity contribution >= 4 is 27.5 Å². The standard InChI is InChI=1S/C13H20N2O2S2/c1-10-8-12(14)13(9-11(10)2)19(16,17)15-4-3-6-18-7-5-15/h8-9H,3-7,14H2,1-2H3. The fraction of sp³-hybridized carbons (Fsp3) is 0.538. The zero-order valence-corrected chi connectivity index (χ0v) is 13.0. The number of nitrogen functional groups attached to an aromatic ring is 1. The number of rotatable bonds is 2. The summed E-state index contributed by atoms with van der Waals surface area (Å²) in [6.07, 6.45) is 0.897. The lowest BCUT2D eigenvalue weighted by Crippen LogP contribution is -2.33. The number of hydrogen-bond donors (Lipinski definition) is 1. The van der Waals surface area contributed by atoms with Gasteiger partial charge >= 0.3 is 0 Å². The van der Waals surface area contributed by atoms with E-state index in [2.05, 4.69) is 0 Å². The molecule has 1 aromatic rings. The second-order valence-corrected chi connectivity index (χ2v) is 7.98. The van der Waals surface area contributed by atoms with Gasteiger partial charge in [0.2, 0.25) is 10.0 Å². The molecular weight excluding hydrogens is 280 g/mol. The molecule has 0 aromatic heterocycles. The molecule has 1 aliphatic rings. The molecule has 1 saturated heterocycles. The average molecular weight is 300 g/mol. The van der Waals surface area contributed by atoms with Crippen LogP contribution in [0.15, 0.2) is 17.0 Å². The molecular formula is C13H20N2O2S2. The molecule has 106 valence electrons. The second-order valence-electron chi connectivity index (χ2n) is 4.84. The van der Waals surface area contributed by atoms with Crippen molar-refractivity contribution in [2.75, 3.05) is 30.3 Å². The van der Waals surface area contributed by atoms with Gasteiger partial charge in [-0.3, -0.25) is 0 Å². The first-order valence-electron chi connectivity index (χ1n) is 6.37. The highest BCUT2D eigenvalue weighted by atomic mass is 32.2. The van der Waals surface area contributed by atoms with Gasteiger partial charge in [0.25, 0.3) is 0 Å². The predicted molar refractivity (Wildman–Crippen MR) is 81.0 cm³/mol. The van der Waals surface area contributed by atoms with E-state index in [9.17, 15) is 8.42 Å². The van der Waals surface area contributed by atoms with E-state index >= 15 is 0 Å². The topological polar surface area (TPSA) is 63.4 Å². The van der Waals surface area contributed by atoms with Crippen LogP contribution in [-0.2, 0) is 10.0 Å². The zero-order chi connectivity index (χ0) is 14.0. The number of nitrogens with zero attached hydrogens (tertiary/aromatic N) is 1. The maximum Gasteiger partial charge on any atom is 0.245 e. The van der Waals surface area contributed by atoms with Gasteiger partial charge in [-0.2, -0.15) is 16.1 Å². The van der Waals surface area contributed by atoms with Gasteiger partial charge in [-0.1, -0.05) is 0 Å². The summed E-state index contributed by atoms with van der Waals surface area (Å²) in [4.78, 5) is 0.252. The van der Waals surface area contributed by atoms with Crippen molar-refractivity contribution in [3.05, 3.63) is 23.3 Å². The largest absolute Gasteiger partial charge is 0.398 e. The number of nitrogens with two attached hydrogens (primary N) is 1. The van der Waals surface area contributed by atoms with Crippen molar-refractivity contribution < 1.29 is 8.42 Å². The Balaban J connectivity index is 2.41. The summed E-state index contributed by atoms with van der Waals surface area (Å²) in [6, 6.07) is 3.44. The van der Waals surface area contributed by atoms with Crippen LogP contribution in [0.3, 0.4) is 0 Å². The molecule has 0 atom stereocenters. The Morgan fingerprint density at radius 2 is 1.84 bits per heavy atom. The fourth-order valence-corrected chi connectivity index (χ4v) is 4.80. The molecule has 1 heterocycles. The molecule has 0 aliphatic carbocycles. The Morgan fingerprint density at radius 3 is 2.58 bits per heavy atom. The molecule has 2 rings (SSSR count). The summed E-state index contributed by atoms with van der Waals surface area (Å²) < 4.78 is 26.9. The lowest BCUT2D eigenvalue weighted by atomic mass is 10.1. The minimum atomic E-state index is -3.46. The van der Waals surface area contributed by atoms with E-state index in [4.69, 9.17) is 5.73 Å². The fourth-order valence-electron chi connectivity index (χ4n) is 2.14. The summed E-state index contributed by atoms with van der Waals surface area (Å²) in [5.74, 6) is 1.87. The number of aryl methyl sites for hydroxylation is 2. The Morgan fingerprint density at radius 1 is 1.16 bits per heavy atom. The van der Waals surface area contributed by atoms with Crippen LogP contribution in [0.4, 0.5) is 5.69 Å². The molecule has 4 nitrogen and oxygen atoms in total. The Kier molecular flexibility index (Phi) is 4.43. The molecule has 19 heavy (non-hydrogen) atoms. The first-order chi connectivity index (χ1) is 8.93. The van der Waals surface area contributed by atoms with Crippen LogP contribution in [0.25, 0.3) is 0 Å². The number of benzene rings is 1. The minimum absolute atomic E-state index is 0.252. The van der Waals surface area contributed by atoms with Crippen molar-refractivity contribution in [3.63, 3.8) is 0 Å². The molecule has 1 aliphatic heterocycles. The van der Waals surface area contributed by atoms with Crippen molar-refractivity contribution in [1.82, 2.24) is 4.31 Å². The third-order valence-corrected chi connectivity index (χ3v) is 6.43. The van der Waals surface area contributed by atoms with Crippen molar-refractivity contribution in [2.24, 2.45) is 0 Å². The highest BCUT2D eigenvalue weighted by Crippen LogP contribution is 2.27. The molecule has 0 radical (unpaired) electrons. The third kappa shape index (κ3) is 3.07. The van der Waals surface area contributed by atoms with Gasteiger partial charge in [-0.05, 0) is 49.3 Å². The van der Waals surface area contributed by atoms with E-state index < -0.39 is 10.0 Å². The quantitative estimate of drug-likeness (QED) is 0.849. The SMILES string of the molecule is Cc1cc(N)c(S(=O)(=O)N2CCCSCC2)cc1C. The van der Waals surface area contributed by atoms with Crippen LogP contribution in [0, 0.1) is 13.8 Å². The summed E-state index contributed by atoms with van der Waals surface area (Å²) in [7, 11) is -3.46. The first kappa shape index (κ1) is 14.7. The van der Waals surface area contributed by atoms with Crippen molar-refractivity contribution in [1.29, 1.82) is 0 Å². The average Bonchev–Trinajstić information content (AvgIpc) is 2.62. The van der Waals surface area contributed by atoms with Gasteiger partial charge in [0, 0.05) is 18.8 Å². The molecule has 0 saturated carbocycles. The van der Waals surface area contributed by atoms with E-state index in [1.54, 1.807) is 28.2 Å². The van der Waals surface area contributed by atoms with E-state index in [-0.39, 0.29) is 4.90 Å². The van der Waals surface area contributed by atoms with E-state index in [1.807, 2.05) is 13.8 Å². The maximum atomic E-state index is 12.7. The van der Waals surface area contributed by atoms with E-state index in [0.29, 0.717) is 18.8 Å². The number of hydrogen-bond acceptors (Lipinski definition) is 4. The molecule has 0 bridgehead atoms. The summed E-state index contributed by atoms with van der Waals surface area (Å²) in [5.41, 5.74) is 8.23. The Hall–Kier alpha value is -0.720. The first-order valence-corrected chi connectivity index (χ1v) is 8.97. The van der Waals surface area contributed by atoms with Crippen LogP contribution < -0.4 is 5.73 Å². The van der Waals surface area contributed by atoms with Crippen LogP contribution in [0.1, 0.15) is 17.5 Å². The van der Waals surface area contributed by atoms with Crippen LogP contribution in [0.5, 0.6) is 0 Å². The second kappa shape index (κ2) is 5.73. The zero-order valence-electron chi connectivity index (χ0n) is 11.3. The van der Waals surface area contributed by atoms with Crippen LogP contribution in [0.2, 0.25) is 0 Å². The lowest BCUT2D eigenvalue weighted by Gasteiger charge is -2.21. The van der Waals surface area contributed by atoms with Gasteiger partial charge < -0.3 is 5.73 Å². The number of thioether (sulfide) groups is 1. The van der Waals surface area contributed by atoms with E-state index in [1.165, 1.54) is 0 Å². The molecule has 6 heteroatoms. The van der Waals surface area contributed by atoms with E-state index in [0.717, 1.165) is 29.1 Å². The summed E-state index contributed by atoms with van der Waals surface area (Å²) >= 11 is 1.80. The Bertz CT molecular complexity index is 562. The highest BCUT2D eigenvalue weighted by Gasteiger charge is 2.27. The highest BCUT2D eigenvalue weighted by molar-refractivity contribution is 7.99. The van der Waals surface area contributed by atoms with Crippen molar-refractivity contribution in [2.45, 2.75) is 25.2 Å². The van der Waals surface area contributed by atoms with Gasteiger partial charge in [0.15, 0.2) is 0 Å². The predicted octanol–water partition coefficient (Wildman–Crippen LogP) is 2.01. The summed E-state index contributed by atoms with van der Waals surface area (Å²) in [6.45, 7) is 5.00. The maximum absolute atomic E-state index is 12.7. The molecule has 0 unspecified atom stereocenters. The lowest BCUT2D eigenvalue weighted by molar-refractivity contribution is 0.435. The van der Waals surface area contributed by atoms with Crippen molar-refractivity contribution in [3.8, 4) is 0 Å². The third-order valence-electron chi connectivity index (χ3n) is 3.43. The molecule has 0 spiro atoms. The number of sulfonamides is 1.